The normalized spacial score (nSPS) is 10.1. The fourth-order valence-electron chi connectivity index (χ4n) is 1.25. The van der Waals surface area contributed by atoms with Crippen molar-refractivity contribution in [1.29, 1.82) is 0 Å². The molecule has 0 saturated heterocycles. The highest BCUT2D eigenvalue weighted by Crippen LogP contribution is 2.16. The number of ether oxygens (including phenoxy) is 1. The first-order chi connectivity index (χ1) is 8.13. The Bertz CT molecular complexity index is 373. The van der Waals surface area contributed by atoms with Crippen molar-refractivity contribution >= 4 is 33.4 Å². The van der Waals surface area contributed by atoms with E-state index in [4.69, 9.17) is 16.3 Å². The van der Waals surface area contributed by atoms with Crippen molar-refractivity contribution in [3.05, 3.63) is 29.3 Å². The first kappa shape index (κ1) is 14.3. The predicted octanol–water partition coefficient (Wildman–Crippen LogP) is 2.96. The number of nitrogens with zero attached hydrogens (tertiary/aromatic N) is 1. The van der Waals surface area contributed by atoms with Gasteiger partial charge in [0, 0.05) is 23.8 Å². The van der Waals surface area contributed by atoms with Crippen LogP contribution in [0.25, 0.3) is 0 Å². The average Bonchev–Trinajstić information content (AvgIpc) is 2.29. The van der Waals surface area contributed by atoms with Crippen LogP contribution in [0.5, 0.6) is 5.75 Å². The average molecular weight is 321 g/mol. The molecule has 0 heterocycles. The van der Waals surface area contributed by atoms with Crippen LogP contribution >= 0.6 is 27.5 Å². The minimum absolute atomic E-state index is 0.108. The monoisotopic (exact) mass is 319 g/mol. The Kier molecular flexibility index (Phi) is 6.37. The summed E-state index contributed by atoms with van der Waals surface area (Å²) in [5.41, 5.74) is 0. The van der Waals surface area contributed by atoms with E-state index in [1.54, 1.807) is 24.1 Å². The van der Waals surface area contributed by atoms with Crippen LogP contribution in [0.1, 0.15) is 6.42 Å². The molecule has 1 aromatic carbocycles. The van der Waals surface area contributed by atoms with Gasteiger partial charge in [0.25, 0.3) is 0 Å². The number of rotatable bonds is 6. The number of benzene rings is 1. The summed E-state index contributed by atoms with van der Waals surface area (Å²) in [6.45, 7) is 1.03. The van der Waals surface area contributed by atoms with Gasteiger partial charge in [0.2, 0.25) is 5.91 Å². The van der Waals surface area contributed by atoms with Gasteiger partial charge < -0.3 is 9.64 Å². The van der Waals surface area contributed by atoms with Crippen LogP contribution in [0.2, 0.25) is 5.02 Å². The second-order valence-corrected chi connectivity index (χ2v) is 4.79. The van der Waals surface area contributed by atoms with E-state index >= 15 is 0 Å². The predicted molar refractivity (Wildman–Crippen MR) is 73.0 cm³/mol. The number of carbonyl (C=O) groups is 1. The van der Waals surface area contributed by atoms with Gasteiger partial charge >= 0.3 is 0 Å². The molecule has 3 nitrogen and oxygen atoms in total. The minimum atomic E-state index is 0.108. The molecular weight excluding hydrogens is 305 g/mol. The lowest BCUT2D eigenvalue weighted by atomic mass is 10.3. The van der Waals surface area contributed by atoms with Gasteiger partial charge in [-0.2, -0.15) is 0 Å². The number of hydrogen-bond acceptors (Lipinski definition) is 2. The van der Waals surface area contributed by atoms with E-state index in [0.29, 0.717) is 29.9 Å². The molecule has 0 atom stereocenters. The fourth-order valence-corrected chi connectivity index (χ4v) is 1.77. The van der Waals surface area contributed by atoms with Crippen LogP contribution in [0.15, 0.2) is 24.3 Å². The second kappa shape index (κ2) is 7.56. The molecule has 1 aromatic rings. The summed E-state index contributed by atoms with van der Waals surface area (Å²) < 4.78 is 5.50. The number of likely N-dealkylation sites (N-methyl/N-ethyl adjacent to an activating group) is 1. The van der Waals surface area contributed by atoms with Crippen molar-refractivity contribution in [2.24, 2.45) is 0 Å². The smallest absolute Gasteiger partial charge is 0.223 e. The van der Waals surface area contributed by atoms with Crippen LogP contribution in [-0.2, 0) is 4.79 Å². The molecule has 0 spiro atoms. The van der Waals surface area contributed by atoms with Gasteiger partial charge in [-0.3, -0.25) is 4.79 Å². The quantitative estimate of drug-likeness (QED) is 0.754. The van der Waals surface area contributed by atoms with Crippen molar-refractivity contribution in [1.82, 2.24) is 4.90 Å². The van der Waals surface area contributed by atoms with Gasteiger partial charge in [0.05, 0.1) is 6.54 Å². The number of carbonyl (C=O) groups excluding carboxylic acids is 1. The van der Waals surface area contributed by atoms with E-state index in [0.717, 1.165) is 5.75 Å². The van der Waals surface area contributed by atoms with Crippen LogP contribution in [0.4, 0.5) is 0 Å². The molecule has 5 heteroatoms. The van der Waals surface area contributed by atoms with Crippen molar-refractivity contribution in [3.63, 3.8) is 0 Å². The Labute approximate surface area is 115 Å². The highest BCUT2D eigenvalue weighted by atomic mass is 79.9. The Balaban J connectivity index is 2.30. The number of hydrogen-bond donors (Lipinski definition) is 0. The third-order valence-corrected chi connectivity index (χ3v) is 2.86. The summed E-state index contributed by atoms with van der Waals surface area (Å²) in [5.74, 6) is 0.829. The SMILES string of the molecule is CN(CCOc1cccc(Cl)c1)C(=O)CCBr. The zero-order valence-corrected chi connectivity index (χ0v) is 12.0. The molecule has 0 fully saturated rings. The maximum atomic E-state index is 11.5. The van der Waals surface area contributed by atoms with E-state index in [1.165, 1.54) is 0 Å². The van der Waals surface area contributed by atoms with Crippen molar-refractivity contribution in [2.45, 2.75) is 6.42 Å². The van der Waals surface area contributed by atoms with Gasteiger partial charge in [-0.15, -0.1) is 0 Å². The molecular formula is C12H15BrClNO2. The first-order valence-electron chi connectivity index (χ1n) is 5.32. The molecule has 1 amide bonds. The van der Waals surface area contributed by atoms with Crippen LogP contribution in [0.3, 0.4) is 0 Å². The lowest BCUT2D eigenvalue weighted by molar-refractivity contribution is -0.129. The second-order valence-electron chi connectivity index (χ2n) is 3.56. The molecule has 0 bridgehead atoms. The highest BCUT2D eigenvalue weighted by molar-refractivity contribution is 9.09. The van der Waals surface area contributed by atoms with E-state index < -0.39 is 0 Å². The van der Waals surface area contributed by atoms with Crippen LogP contribution in [-0.4, -0.2) is 36.3 Å². The topological polar surface area (TPSA) is 29.5 Å². The first-order valence-corrected chi connectivity index (χ1v) is 6.81. The van der Waals surface area contributed by atoms with Crippen molar-refractivity contribution in [2.75, 3.05) is 25.5 Å². The molecule has 17 heavy (non-hydrogen) atoms. The third-order valence-electron chi connectivity index (χ3n) is 2.23. The molecule has 0 unspecified atom stereocenters. The molecule has 0 radical (unpaired) electrons. The van der Waals surface area contributed by atoms with E-state index in [2.05, 4.69) is 15.9 Å². The van der Waals surface area contributed by atoms with Gasteiger partial charge in [-0.25, -0.2) is 0 Å². The summed E-state index contributed by atoms with van der Waals surface area (Å²) in [4.78, 5) is 13.1. The summed E-state index contributed by atoms with van der Waals surface area (Å²) >= 11 is 9.07. The number of amides is 1. The number of alkyl halides is 1. The minimum Gasteiger partial charge on any atom is -0.492 e. The zero-order chi connectivity index (χ0) is 12.7. The molecule has 0 N–H and O–H groups in total. The molecule has 0 saturated carbocycles. The molecule has 94 valence electrons. The molecule has 0 aliphatic rings. The largest absolute Gasteiger partial charge is 0.492 e. The Morgan fingerprint density at radius 3 is 2.94 bits per heavy atom. The third kappa shape index (κ3) is 5.41. The summed E-state index contributed by atoms with van der Waals surface area (Å²) in [6, 6.07) is 7.21. The van der Waals surface area contributed by atoms with Crippen LogP contribution in [0, 0.1) is 0 Å². The fraction of sp³-hybridized carbons (Fsp3) is 0.417. The lowest BCUT2D eigenvalue weighted by Crippen LogP contribution is -2.30. The summed E-state index contributed by atoms with van der Waals surface area (Å²) in [5, 5.41) is 1.33. The van der Waals surface area contributed by atoms with E-state index in [1.807, 2.05) is 12.1 Å². The molecule has 0 aromatic heterocycles. The maximum absolute atomic E-state index is 11.5. The highest BCUT2D eigenvalue weighted by Gasteiger charge is 2.07. The number of halogens is 2. The van der Waals surface area contributed by atoms with E-state index in [9.17, 15) is 4.79 Å². The van der Waals surface area contributed by atoms with Crippen LogP contribution < -0.4 is 4.74 Å². The zero-order valence-electron chi connectivity index (χ0n) is 9.66. The molecule has 0 aliphatic carbocycles. The van der Waals surface area contributed by atoms with Gasteiger partial charge in [0.15, 0.2) is 0 Å². The lowest BCUT2D eigenvalue weighted by Gasteiger charge is -2.16. The van der Waals surface area contributed by atoms with Crippen molar-refractivity contribution in [3.8, 4) is 5.75 Å². The van der Waals surface area contributed by atoms with Gasteiger partial charge in [-0.1, -0.05) is 33.6 Å². The Morgan fingerprint density at radius 1 is 1.53 bits per heavy atom. The van der Waals surface area contributed by atoms with E-state index in [-0.39, 0.29) is 5.91 Å². The maximum Gasteiger partial charge on any atom is 0.223 e. The molecule has 1 rings (SSSR count). The molecule has 0 aliphatic heterocycles. The Morgan fingerprint density at radius 2 is 2.29 bits per heavy atom. The van der Waals surface area contributed by atoms with Gasteiger partial charge in [-0.05, 0) is 18.2 Å². The van der Waals surface area contributed by atoms with Gasteiger partial charge in [0.1, 0.15) is 12.4 Å². The summed E-state index contributed by atoms with van der Waals surface area (Å²) in [7, 11) is 1.77. The summed E-state index contributed by atoms with van der Waals surface area (Å²) in [6.07, 6.45) is 0.508. The standard InChI is InChI=1S/C12H15BrClNO2/c1-15(12(16)5-6-13)7-8-17-11-4-2-3-10(14)9-11/h2-4,9H,5-8H2,1H3. The van der Waals surface area contributed by atoms with Crippen molar-refractivity contribution < 1.29 is 9.53 Å². The Hall–Kier alpha value is -0.740.